The minimum absolute atomic E-state index is 0.0862. The Labute approximate surface area is 101 Å². The lowest BCUT2D eigenvalue weighted by atomic mass is 10.1. The third-order valence-electron chi connectivity index (χ3n) is 2.84. The molecule has 0 amide bonds. The lowest BCUT2D eigenvalue weighted by Gasteiger charge is -2.21. The Morgan fingerprint density at radius 3 is 3.12 bits per heavy atom. The molecule has 3 nitrogen and oxygen atoms in total. The Morgan fingerprint density at radius 2 is 2.31 bits per heavy atom. The van der Waals surface area contributed by atoms with E-state index in [1.807, 2.05) is 30.9 Å². The van der Waals surface area contributed by atoms with Gasteiger partial charge in [-0.1, -0.05) is 0 Å². The third-order valence-corrected chi connectivity index (χ3v) is 3.89. The molecule has 1 fully saturated rings. The van der Waals surface area contributed by atoms with Crippen LogP contribution in [0.3, 0.4) is 0 Å². The number of aromatic nitrogens is 1. The lowest BCUT2D eigenvalue weighted by Crippen LogP contribution is -2.26. The molecular formula is C12H19N3S. The minimum Gasteiger partial charge on any atom is -0.356 e. The number of nitrogens with two attached hydrogens (primary N) is 1. The summed E-state index contributed by atoms with van der Waals surface area (Å²) in [5, 5.41) is 0. The molecule has 2 N–H and O–H groups in total. The van der Waals surface area contributed by atoms with Gasteiger partial charge in [0.05, 0.1) is 0 Å². The zero-order valence-corrected chi connectivity index (χ0v) is 10.5. The molecule has 2 heterocycles. The highest BCUT2D eigenvalue weighted by Crippen LogP contribution is 2.19. The van der Waals surface area contributed by atoms with Crippen molar-refractivity contribution >= 4 is 17.6 Å². The van der Waals surface area contributed by atoms with Crippen molar-refractivity contribution in [3.8, 4) is 0 Å². The van der Waals surface area contributed by atoms with Crippen LogP contribution in [-0.4, -0.2) is 29.6 Å². The monoisotopic (exact) mass is 237 g/mol. The second kappa shape index (κ2) is 5.55. The maximum absolute atomic E-state index is 5.89. The third kappa shape index (κ3) is 2.89. The Morgan fingerprint density at radius 1 is 1.44 bits per heavy atom. The summed E-state index contributed by atoms with van der Waals surface area (Å²) in [5.41, 5.74) is 7.06. The van der Waals surface area contributed by atoms with Crippen LogP contribution in [0, 0.1) is 0 Å². The topological polar surface area (TPSA) is 42.1 Å². The van der Waals surface area contributed by atoms with Gasteiger partial charge in [-0.2, -0.15) is 11.8 Å². The molecule has 2 rings (SSSR count). The van der Waals surface area contributed by atoms with Crippen molar-refractivity contribution in [1.29, 1.82) is 0 Å². The van der Waals surface area contributed by atoms with E-state index in [0.717, 1.165) is 18.9 Å². The van der Waals surface area contributed by atoms with Gasteiger partial charge < -0.3 is 10.6 Å². The van der Waals surface area contributed by atoms with E-state index >= 15 is 0 Å². The number of rotatable bonds is 2. The van der Waals surface area contributed by atoms with Crippen molar-refractivity contribution in [2.24, 2.45) is 5.73 Å². The summed E-state index contributed by atoms with van der Waals surface area (Å²) < 4.78 is 0. The molecule has 1 aromatic heterocycles. The zero-order valence-electron chi connectivity index (χ0n) is 9.72. The maximum atomic E-state index is 5.89. The molecule has 4 heteroatoms. The molecule has 0 spiro atoms. The van der Waals surface area contributed by atoms with E-state index in [9.17, 15) is 0 Å². The van der Waals surface area contributed by atoms with E-state index in [1.165, 1.54) is 23.5 Å². The fourth-order valence-corrected chi connectivity index (χ4v) is 2.75. The molecular weight excluding hydrogens is 218 g/mol. The summed E-state index contributed by atoms with van der Waals surface area (Å²) in [6, 6.07) is 4.21. The highest BCUT2D eigenvalue weighted by Gasteiger charge is 2.12. The van der Waals surface area contributed by atoms with Crippen molar-refractivity contribution in [3.63, 3.8) is 0 Å². The maximum Gasteiger partial charge on any atom is 0.128 e. The van der Waals surface area contributed by atoms with Gasteiger partial charge in [0.25, 0.3) is 0 Å². The first-order valence-electron chi connectivity index (χ1n) is 5.81. The largest absolute Gasteiger partial charge is 0.356 e. The summed E-state index contributed by atoms with van der Waals surface area (Å²) in [5.74, 6) is 3.55. The first-order chi connectivity index (χ1) is 7.77. The van der Waals surface area contributed by atoms with Gasteiger partial charge in [0, 0.05) is 31.1 Å². The van der Waals surface area contributed by atoms with E-state index in [4.69, 9.17) is 5.73 Å². The van der Waals surface area contributed by atoms with Crippen molar-refractivity contribution in [1.82, 2.24) is 4.98 Å². The molecule has 0 saturated carbocycles. The fraction of sp³-hybridized carbons (Fsp3) is 0.583. The number of hydrogen-bond acceptors (Lipinski definition) is 4. The molecule has 0 aliphatic carbocycles. The average Bonchev–Trinajstić information content (AvgIpc) is 2.57. The molecule has 0 bridgehead atoms. The molecule has 1 saturated heterocycles. The molecule has 1 aliphatic rings. The van der Waals surface area contributed by atoms with Crippen LogP contribution in [0.2, 0.25) is 0 Å². The van der Waals surface area contributed by atoms with Crippen molar-refractivity contribution in [2.45, 2.75) is 19.4 Å². The second-order valence-electron chi connectivity index (χ2n) is 4.19. The second-order valence-corrected chi connectivity index (χ2v) is 5.41. The van der Waals surface area contributed by atoms with Gasteiger partial charge in [-0.3, -0.25) is 0 Å². The summed E-state index contributed by atoms with van der Waals surface area (Å²) in [7, 11) is 0. The van der Waals surface area contributed by atoms with Gasteiger partial charge in [-0.25, -0.2) is 4.98 Å². The Kier molecular flexibility index (Phi) is 4.07. The van der Waals surface area contributed by atoms with Gasteiger partial charge in [0.1, 0.15) is 5.82 Å². The summed E-state index contributed by atoms with van der Waals surface area (Å²) in [6.07, 6.45) is 3.11. The zero-order chi connectivity index (χ0) is 11.4. The quantitative estimate of drug-likeness (QED) is 0.855. The van der Waals surface area contributed by atoms with E-state index < -0.39 is 0 Å². The summed E-state index contributed by atoms with van der Waals surface area (Å²) >= 11 is 2.03. The van der Waals surface area contributed by atoms with E-state index in [2.05, 4.69) is 16.0 Å². The van der Waals surface area contributed by atoms with Gasteiger partial charge in [-0.05, 0) is 36.8 Å². The SMILES string of the molecule is C[C@H](N)c1ccnc(N2CCCSCC2)c1. The molecule has 88 valence electrons. The molecule has 1 aliphatic heterocycles. The van der Waals surface area contributed by atoms with Crippen LogP contribution in [0.5, 0.6) is 0 Å². The number of anilines is 1. The highest BCUT2D eigenvalue weighted by atomic mass is 32.2. The van der Waals surface area contributed by atoms with E-state index in [1.54, 1.807) is 0 Å². The predicted molar refractivity (Wildman–Crippen MR) is 71.0 cm³/mol. The van der Waals surface area contributed by atoms with Crippen LogP contribution in [0.25, 0.3) is 0 Å². The van der Waals surface area contributed by atoms with E-state index in [0.29, 0.717) is 0 Å². The van der Waals surface area contributed by atoms with Crippen LogP contribution in [0.1, 0.15) is 24.9 Å². The van der Waals surface area contributed by atoms with Gasteiger partial charge in [-0.15, -0.1) is 0 Å². The van der Waals surface area contributed by atoms with Crippen LogP contribution >= 0.6 is 11.8 Å². The van der Waals surface area contributed by atoms with E-state index in [-0.39, 0.29) is 6.04 Å². The fourth-order valence-electron chi connectivity index (χ4n) is 1.87. The van der Waals surface area contributed by atoms with Crippen LogP contribution in [0.4, 0.5) is 5.82 Å². The molecule has 1 aromatic rings. The number of nitrogens with zero attached hydrogens (tertiary/aromatic N) is 2. The van der Waals surface area contributed by atoms with Crippen molar-refractivity contribution in [3.05, 3.63) is 23.9 Å². The first-order valence-corrected chi connectivity index (χ1v) is 6.97. The predicted octanol–water partition coefficient (Wildman–Crippen LogP) is 2.04. The smallest absolute Gasteiger partial charge is 0.128 e. The van der Waals surface area contributed by atoms with Crippen LogP contribution in [0.15, 0.2) is 18.3 Å². The number of thioether (sulfide) groups is 1. The average molecular weight is 237 g/mol. The standard InChI is InChI=1S/C12H19N3S/c1-10(13)11-3-4-14-12(9-11)15-5-2-7-16-8-6-15/h3-4,9-10H,2,5-8,13H2,1H3/t10-/m0/s1. The lowest BCUT2D eigenvalue weighted by molar-refractivity contribution is 0.785. The summed E-state index contributed by atoms with van der Waals surface area (Å²) in [4.78, 5) is 6.82. The van der Waals surface area contributed by atoms with Crippen molar-refractivity contribution < 1.29 is 0 Å². The Hall–Kier alpha value is -0.740. The summed E-state index contributed by atoms with van der Waals surface area (Å²) in [6.45, 7) is 4.22. The Bertz CT molecular complexity index is 333. The molecule has 0 radical (unpaired) electrons. The highest BCUT2D eigenvalue weighted by molar-refractivity contribution is 7.99. The first kappa shape index (κ1) is 11.7. The molecule has 0 unspecified atom stereocenters. The van der Waals surface area contributed by atoms with Crippen molar-refractivity contribution in [2.75, 3.05) is 29.5 Å². The number of hydrogen-bond donors (Lipinski definition) is 1. The molecule has 1 atom stereocenters. The van der Waals surface area contributed by atoms with Gasteiger partial charge in [0.2, 0.25) is 0 Å². The molecule has 0 aromatic carbocycles. The van der Waals surface area contributed by atoms with Crippen LogP contribution < -0.4 is 10.6 Å². The van der Waals surface area contributed by atoms with Gasteiger partial charge in [0.15, 0.2) is 0 Å². The minimum atomic E-state index is 0.0862. The van der Waals surface area contributed by atoms with Crippen LogP contribution in [-0.2, 0) is 0 Å². The van der Waals surface area contributed by atoms with Gasteiger partial charge >= 0.3 is 0 Å². The normalized spacial score (nSPS) is 19.2. The number of pyridine rings is 1. The molecule has 16 heavy (non-hydrogen) atoms. The Balaban J connectivity index is 2.15.